The van der Waals surface area contributed by atoms with Crippen LogP contribution >= 0.6 is 0 Å². The molecule has 1 fully saturated rings. The number of nitrogens with one attached hydrogen (secondary N) is 1. The predicted octanol–water partition coefficient (Wildman–Crippen LogP) is 3.54. The molecule has 0 bridgehead atoms. The van der Waals surface area contributed by atoms with Gasteiger partial charge in [-0.25, -0.2) is 4.39 Å². The highest BCUT2D eigenvalue weighted by atomic mass is 19.1. The largest absolute Gasteiger partial charge is 0.492 e. The zero-order valence-electron chi connectivity index (χ0n) is 15.8. The van der Waals surface area contributed by atoms with Gasteiger partial charge in [0.05, 0.1) is 6.54 Å². The topological polar surface area (TPSA) is 41.6 Å². The summed E-state index contributed by atoms with van der Waals surface area (Å²) in [5.74, 6) is 0.783. The Kier molecular flexibility index (Phi) is 6.82. The van der Waals surface area contributed by atoms with Crippen molar-refractivity contribution in [3.8, 4) is 5.75 Å². The molecule has 0 radical (unpaired) electrons. The Morgan fingerprint density at radius 1 is 1.19 bits per heavy atom. The number of likely N-dealkylation sites (tertiary alicyclic amines) is 1. The lowest BCUT2D eigenvalue weighted by Crippen LogP contribution is -2.41. The summed E-state index contributed by atoms with van der Waals surface area (Å²) in [5.41, 5.74) is 1.87. The summed E-state index contributed by atoms with van der Waals surface area (Å²) in [5, 5.41) is 2.97. The van der Waals surface area contributed by atoms with Crippen LogP contribution in [0, 0.1) is 18.7 Å². The molecule has 1 amide bonds. The highest BCUT2D eigenvalue weighted by molar-refractivity contribution is 5.78. The molecule has 2 aromatic carbocycles. The predicted molar refractivity (Wildman–Crippen MR) is 104 cm³/mol. The van der Waals surface area contributed by atoms with Crippen LogP contribution in [0.1, 0.15) is 24.0 Å². The van der Waals surface area contributed by atoms with Gasteiger partial charge in [0.15, 0.2) is 0 Å². The lowest BCUT2D eigenvalue weighted by atomic mass is 9.95. The molecule has 144 valence electrons. The molecule has 5 heteroatoms. The van der Waals surface area contributed by atoms with Crippen molar-refractivity contribution in [3.63, 3.8) is 0 Å². The molecule has 2 aromatic rings. The molecule has 4 nitrogen and oxygen atoms in total. The average molecular weight is 370 g/mol. The number of halogens is 1. The van der Waals surface area contributed by atoms with E-state index in [0.29, 0.717) is 25.3 Å². The molecule has 1 heterocycles. The number of aryl methyl sites for hydroxylation is 1. The van der Waals surface area contributed by atoms with Gasteiger partial charge in [-0.15, -0.1) is 0 Å². The first kappa shape index (κ1) is 19.4. The third-order valence-corrected chi connectivity index (χ3v) is 4.97. The summed E-state index contributed by atoms with van der Waals surface area (Å²) in [6.07, 6.45) is 1.61. The lowest BCUT2D eigenvalue weighted by molar-refractivity contribution is -0.126. The van der Waals surface area contributed by atoms with E-state index in [4.69, 9.17) is 4.74 Å². The molecule has 1 N–H and O–H groups in total. The van der Waals surface area contributed by atoms with E-state index in [2.05, 4.69) is 10.2 Å². The number of hydrogen-bond acceptors (Lipinski definition) is 3. The van der Waals surface area contributed by atoms with Crippen molar-refractivity contribution in [1.82, 2.24) is 10.2 Å². The number of amides is 1. The number of benzene rings is 2. The fraction of sp³-hybridized carbons (Fsp3) is 0.409. The molecule has 0 unspecified atom stereocenters. The molecule has 0 aliphatic carbocycles. The van der Waals surface area contributed by atoms with Crippen LogP contribution < -0.4 is 10.1 Å². The zero-order valence-corrected chi connectivity index (χ0v) is 15.8. The van der Waals surface area contributed by atoms with Crippen LogP contribution in [0.2, 0.25) is 0 Å². The second-order valence-corrected chi connectivity index (χ2v) is 7.10. The van der Waals surface area contributed by atoms with E-state index in [-0.39, 0.29) is 17.6 Å². The van der Waals surface area contributed by atoms with E-state index in [1.807, 2.05) is 43.3 Å². The second-order valence-electron chi connectivity index (χ2n) is 7.10. The molecule has 1 saturated heterocycles. The van der Waals surface area contributed by atoms with Crippen molar-refractivity contribution in [3.05, 3.63) is 65.5 Å². The molecule has 27 heavy (non-hydrogen) atoms. The first-order valence-corrected chi connectivity index (χ1v) is 9.55. The Morgan fingerprint density at radius 3 is 2.70 bits per heavy atom. The van der Waals surface area contributed by atoms with Crippen molar-refractivity contribution in [2.75, 3.05) is 26.2 Å². The van der Waals surface area contributed by atoms with Crippen molar-refractivity contribution in [2.24, 2.45) is 5.92 Å². The number of carbonyl (C=O) groups excluding carboxylic acids is 1. The third kappa shape index (κ3) is 5.79. The summed E-state index contributed by atoms with van der Waals surface area (Å²) in [6.45, 7) is 5.21. The Labute approximate surface area is 160 Å². The third-order valence-electron chi connectivity index (χ3n) is 4.97. The van der Waals surface area contributed by atoms with E-state index < -0.39 is 0 Å². The number of hydrogen-bond donors (Lipinski definition) is 1. The van der Waals surface area contributed by atoms with E-state index in [0.717, 1.165) is 37.2 Å². The summed E-state index contributed by atoms with van der Waals surface area (Å²) < 4.78 is 19.4. The van der Waals surface area contributed by atoms with Crippen LogP contribution in [0.5, 0.6) is 5.75 Å². The Balaban J connectivity index is 1.35. The number of carbonyl (C=O) groups is 1. The van der Waals surface area contributed by atoms with Gasteiger partial charge >= 0.3 is 0 Å². The fourth-order valence-corrected chi connectivity index (χ4v) is 3.41. The summed E-state index contributed by atoms with van der Waals surface area (Å²) in [6, 6.07) is 14.8. The molecular weight excluding hydrogens is 343 g/mol. The maximum Gasteiger partial charge on any atom is 0.223 e. The van der Waals surface area contributed by atoms with Crippen LogP contribution in [0.15, 0.2) is 48.5 Å². The zero-order chi connectivity index (χ0) is 19.1. The molecule has 0 spiro atoms. The van der Waals surface area contributed by atoms with Gasteiger partial charge < -0.3 is 10.1 Å². The van der Waals surface area contributed by atoms with Crippen LogP contribution in [0.25, 0.3) is 0 Å². The molecule has 3 rings (SSSR count). The molecule has 1 aliphatic rings. The molecular formula is C22H27FN2O2. The van der Waals surface area contributed by atoms with Gasteiger partial charge in [0.25, 0.3) is 0 Å². The van der Waals surface area contributed by atoms with Crippen molar-refractivity contribution < 1.29 is 13.9 Å². The van der Waals surface area contributed by atoms with Crippen LogP contribution in [0.3, 0.4) is 0 Å². The van der Waals surface area contributed by atoms with E-state index in [9.17, 15) is 9.18 Å². The van der Waals surface area contributed by atoms with Gasteiger partial charge in [-0.3, -0.25) is 9.69 Å². The van der Waals surface area contributed by atoms with Crippen LogP contribution in [-0.4, -0.2) is 37.0 Å². The number of rotatable bonds is 7. The van der Waals surface area contributed by atoms with Crippen molar-refractivity contribution in [2.45, 2.75) is 26.3 Å². The highest BCUT2D eigenvalue weighted by Crippen LogP contribution is 2.20. The molecule has 0 saturated carbocycles. The minimum Gasteiger partial charge on any atom is -0.492 e. The number of ether oxygens (including phenoxy) is 1. The van der Waals surface area contributed by atoms with Gasteiger partial charge in [-0.1, -0.05) is 30.3 Å². The first-order valence-electron chi connectivity index (χ1n) is 9.55. The van der Waals surface area contributed by atoms with Gasteiger partial charge in [-0.2, -0.15) is 0 Å². The number of nitrogens with zero attached hydrogens (tertiary/aromatic N) is 1. The monoisotopic (exact) mass is 370 g/mol. The van der Waals surface area contributed by atoms with E-state index in [1.165, 1.54) is 6.07 Å². The minimum absolute atomic E-state index is 0.0286. The smallest absolute Gasteiger partial charge is 0.223 e. The molecule has 0 aromatic heterocycles. The van der Waals surface area contributed by atoms with Crippen LogP contribution in [0.4, 0.5) is 4.39 Å². The second kappa shape index (κ2) is 9.51. The van der Waals surface area contributed by atoms with E-state index in [1.54, 1.807) is 6.07 Å². The summed E-state index contributed by atoms with van der Waals surface area (Å²) in [7, 11) is 0. The SMILES string of the molecule is Cc1cccc(OCCNC(=O)C2CCN(Cc3ccccc3F)CC2)c1. The maximum atomic E-state index is 13.8. The quantitative estimate of drug-likeness (QED) is 0.758. The standard InChI is InChI=1S/C22H27FN2O2/c1-17-5-4-7-20(15-17)27-14-11-24-22(26)18-9-12-25(13-10-18)16-19-6-2-3-8-21(19)23/h2-8,15,18H,9-14,16H2,1H3,(H,24,26). The molecule has 1 aliphatic heterocycles. The molecule has 0 atom stereocenters. The van der Waals surface area contributed by atoms with Gasteiger partial charge in [0, 0.05) is 18.0 Å². The van der Waals surface area contributed by atoms with Gasteiger partial charge in [0.2, 0.25) is 5.91 Å². The highest BCUT2D eigenvalue weighted by Gasteiger charge is 2.25. The minimum atomic E-state index is -0.161. The van der Waals surface area contributed by atoms with Crippen molar-refractivity contribution in [1.29, 1.82) is 0 Å². The normalized spacial score (nSPS) is 15.5. The average Bonchev–Trinajstić information content (AvgIpc) is 2.67. The first-order chi connectivity index (χ1) is 13.1. The Morgan fingerprint density at radius 2 is 1.96 bits per heavy atom. The van der Waals surface area contributed by atoms with Crippen LogP contribution in [-0.2, 0) is 11.3 Å². The summed E-state index contributed by atoms with van der Waals surface area (Å²) >= 11 is 0. The van der Waals surface area contributed by atoms with Crippen molar-refractivity contribution >= 4 is 5.91 Å². The van der Waals surface area contributed by atoms with Gasteiger partial charge in [-0.05, 0) is 56.6 Å². The number of piperidine rings is 1. The Hall–Kier alpha value is -2.40. The van der Waals surface area contributed by atoms with E-state index >= 15 is 0 Å². The summed E-state index contributed by atoms with van der Waals surface area (Å²) in [4.78, 5) is 14.5. The van der Waals surface area contributed by atoms with Gasteiger partial charge in [0.1, 0.15) is 18.2 Å². The fourth-order valence-electron chi connectivity index (χ4n) is 3.41. The Bertz CT molecular complexity index is 757. The maximum absolute atomic E-state index is 13.8. The lowest BCUT2D eigenvalue weighted by Gasteiger charge is -2.31.